The first-order valence-corrected chi connectivity index (χ1v) is 8.32. The minimum atomic E-state index is -0.806. The van der Waals surface area contributed by atoms with Gasteiger partial charge in [0, 0.05) is 30.2 Å². The van der Waals surface area contributed by atoms with Gasteiger partial charge in [-0.25, -0.2) is 4.98 Å². The van der Waals surface area contributed by atoms with Gasteiger partial charge < -0.3 is 10.4 Å². The maximum atomic E-state index is 10.9. The van der Waals surface area contributed by atoms with E-state index in [9.17, 15) is 5.11 Å². The summed E-state index contributed by atoms with van der Waals surface area (Å²) >= 11 is 0. The number of nitrogens with zero attached hydrogens (tertiary/aromatic N) is 5. The number of rotatable bonds is 3. The Labute approximate surface area is 145 Å². The van der Waals surface area contributed by atoms with Crippen molar-refractivity contribution in [3.05, 3.63) is 54.1 Å². The largest absolute Gasteiger partial charge is 0.385 e. The molecule has 126 valence electrons. The van der Waals surface area contributed by atoms with E-state index in [-0.39, 0.29) is 6.04 Å². The Hall–Kier alpha value is -2.98. The number of anilines is 1. The molecule has 25 heavy (non-hydrogen) atoms. The summed E-state index contributed by atoms with van der Waals surface area (Å²) in [5.41, 5.74) is 1.08. The van der Waals surface area contributed by atoms with Gasteiger partial charge in [0.15, 0.2) is 5.65 Å². The number of nitrogens with one attached hydrogen (secondary N) is 1. The molecule has 0 bridgehead atoms. The molecule has 7 heteroatoms. The monoisotopic (exact) mass is 334 g/mol. The van der Waals surface area contributed by atoms with Crippen LogP contribution in [0.1, 0.15) is 36.8 Å². The minimum absolute atomic E-state index is 0.234. The third kappa shape index (κ3) is 2.81. The van der Waals surface area contributed by atoms with Crippen LogP contribution >= 0.6 is 0 Å². The Morgan fingerprint density at radius 2 is 2.08 bits per heavy atom. The molecule has 4 rings (SSSR count). The summed E-state index contributed by atoms with van der Waals surface area (Å²) < 4.78 is 1.65. The van der Waals surface area contributed by atoms with Crippen LogP contribution in [0.5, 0.6) is 0 Å². The SMILES string of the molecule is N#Cc1cnn2c(NC3CCC(O)(c4cccnc4)CC3)ccnc12. The molecule has 0 aromatic carbocycles. The lowest BCUT2D eigenvalue weighted by Gasteiger charge is -2.36. The summed E-state index contributed by atoms with van der Waals surface area (Å²) in [6.45, 7) is 0. The van der Waals surface area contributed by atoms with Crippen molar-refractivity contribution in [1.29, 1.82) is 5.26 Å². The van der Waals surface area contributed by atoms with Gasteiger partial charge >= 0.3 is 0 Å². The summed E-state index contributed by atoms with van der Waals surface area (Å²) in [6, 6.07) is 7.97. The number of nitriles is 1. The maximum absolute atomic E-state index is 10.9. The van der Waals surface area contributed by atoms with Crippen LogP contribution in [0.25, 0.3) is 5.65 Å². The molecule has 0 spiro atoms. The van der Waals surface area contributed by atoms with Gasteiger partial charge in [-0.1, -0.05) is 6.07 Å². The van der Waals surface area contributed by atoms with Crippen molar-refractivity contribution in [3.8, 4) is 6.07 Å². The van der Waals surface area contributed by atoms with Crippen LogP contribution in [0.4, 0.5) is 5.82 Å². The highest BCUT2D eigenvalue weighted by Crippen LogP contribution is 2.37. The van der Waals surface area contributed by atoms with Crippen molar-refractivity contribution in [2.75, 3.05) is 5.32 Å². The molecule has 0 aliphatic heterocycles. The third-order valence-corrected chi connectivity index (χ3v) is 4.89. The molecule has 1 fully saturated rings. The van der Waals surface area contributed by atoms with Crippen molar-refractivity contribution < 1.29 is 5.11 Å². The zero-order chi connectivity index (χ0) is 17.3. The molecule has 7 nitrogen and oxygen atoms in total. The average molecular weight is 334 g/mol. The van der Waals surface area contributed by atoms with E-state index >= 15 is 0 Å². The van der Waals surface area contributed by atoms with Crippen molar-refractivity contribution in [2.45, 2.75) is 37.3 Å². The van der Waals surface area contributed by atoms with Crippen LogP contribution in [0.15, 0.2) is 43.0 Å². The quantitative estimate of drug-likeness (QED) is 0.762. The van der Waals surface area contributed by atoms with E-state index in [0.29, 0.717) is 24.1 Å². The first-order valence-electron chi connectivity index (χ1n) is 8.32. The fourth-order valence-electron chi connectivity index (χ4n) is 3.46. The fourth-order valence-corrected chi connectivity index (χ4v) is 3.46. The maximum Gasteiger partial charge on any atom is 0.175 e. The number of fused-ring (bicyclic) bond motifs is 1. The summed E-state index contributed by atoms with van der Waals surface area (Å²) in [7, 11) is 0. The second kappa shape index (κ2) is 6.15. The zero-order valence-electron chi connectivity index (χ0n) is 13.6. The topological polar surface area (TPSA) is 99.1 Å². The van der Waals surface area contributed by atoms with Crippen LogP contribution < -0.4 is 5.32 Å². The molecule has 0 radical (unpaired) electrons. The Balaban J connectivity index is 1.49. The van der Waals surface area contributed by atoms with Crippen LogP contribution in [0.2, 0.25) is 0 Å². The molecule has 0 amide bonds. The Bertz CT molecular complexity index is 922. The lowest BCUT2D eigenvalue weighted by molar-refractivity contribution is -0.00364. The highest BCUT2D eigenvalue weighted by Gasteiger charge is 2.35. The number of pyridine rings is 1. The Kier molecular flexibility index (Phi) is 3.82. The predicted molar refractivity (Wildman–Crippen MR) is 91.7 cm³/mol. The predicted octanol–water partition coefficient (Wildman–Crippen LogP) is 2.24. The second-order valence-electron chi connectivity index (χ2n) is 6.43. The molecule has 3 aromatic heterocycles. The summed E-state index contributed by atoms with van der Waals surface area (Å²) in [6.07, 6.45) is 9.68. The molecule has 1 saturated carbocycles. The molecule has 1 aliphatic carbocycles. The van der Waals surface area contributed by atoms with E-state index < -0.39 is 5.60 Å². The van der Waals surface area contributed by atoms with Crippen molar-refractivity contribution in [1.82, 2.24) is 19.6 Å². The van der Waals surface area contributed by atoms with Gasteiger partial charge in [0.1, 0.15) is 17.5 Å². The highest BCUT2D eigenvalue weighted by atomic mass is 16.3. The number of hydrogen-bond donors (Lipinski definition) is 2. The zero-order valence-corrected chi connectivity index (χ0v) is 13.6. The fraction of sp³-hybridized carbons (Fsp3) is 0.333. The number of aromatic nitrogens is 4. The summed E-state index contributed by atoms with van der Waals surface area (Å²) in [5, 5.41) is 27.7. The molecule has 3 heterocycles. The van der Waals surface area contributed by atoms with Gasteiger partial charge in [-0.05, 0) is 37.8 Å². The minimum Gasteiger partial charge on any atom is -0.385 e. The van der Waals surface area contributed by atoms with E-state index in [2.05, 4.69) is 26.5 Å². The van der Waals surface area contributed by atoms with Gasteiger partial charge in [0.25, 0.3) is 0 Å². The smallest absolute Gasteiger partial charge is 0.175 e. The van der Waals surface area contributed by atoms with Crippen molar-refractivity contribution in [3.63, 3.8) is 0 Å². The van der Waals surface area contributed by atoms with E-state index in [4.69, 9.17) is 5.26 Å². The highest BCUT2D eigenvalue weighted by molar-refractivity contribution is 5.57. The van der Waals surface area contributed by atoms with Crippen LogP contribution in [-0.4, -0.2) is 30.7 Å². The number of hydrogen-bond acceptors (Lipinski definition) is 6. The van der Waals surface area contributed by atoms with E-state index in [1.807, 2.05) is 18.2 Å². The Morgan fingerprint density at radius 3 is 2.80 bits per heavy atom. The Morgan fingerprint density at radius 1 is 1.24 bits per heavy atom. The van der Waals surface area contributed by atoms with E-state index in [0.717, 1.165) is 24.2 Å². The van der Waals surface area contributed by atoms with Crippen LogP contribution in [0, 0.1) is 11.3 Å². The molecule has 1 aliphatic rings. The van der Waals surface area contributed by atoms with Crippen molar-refractivity contribution in [2.24, 2.45) is 0 Å². The first kappa shape index (κ1) is 15.5. The van der Waals surface area contributed by atoms with Gasteiger partial charge in [0.2, 0.25) is 0 Å². The third-order valence-electron chi connectivity index (χ3n) is 4.89. The van der Waals surface area contributed by atoms with Gasteiger partial charge in [-0.2, -0.15) is 14.9 Å². The molecular weight excluding hydrogens is 316 g/mol. The van der Waals surface area contributed by atoms with E-state index in [1.54, 1.807) is 23.1 Å². The van der Waals surface area contributed by atoms with Gasteiger partial charge in [-0.15, -0.1) is 0 Å². The standard InChI is InChI=1S/C18H18N6O/c19-10-13-11-22-24-16(5-9-21-17(13)24)23-15-3-6-18(25,7-4-15)14-2-1-8-20-12-14/h1-2,5,8-9,11-12,15,23,25H,3-4,6-7H2. The van der Waals surface area contributed by atoms with Gasteiger partial charge in [0.05, 0.1) is 11.8 Å². The molecule has 3 aromatic rings. The van der Waals surface area contributed by atoms with Crippen LogP contribution in [-0.2, 0) is 5.60 Å². The molecule has 2 N–H and O–H groups in total. The van der Waals surface area contributed by atoms with Gasteiger partial charge in [-0.3, -0.25) is 4.98 Å². The summed E-state index contributed by atoms with van der Waals surface area (Å²) in [4.78, 5) is 8.34. The molecular formula is C18H18N6O. The second-order valence-corrected chi connectivity index (χ2v) is 6.43. The normalized spacial score (nSPS) is 23.3. The summed E-state index contributed by atoms with van der Waals surface area (Å²) in [5.74, 6) is 0.809. The first-order chi connectivity index (χ1) is 12.2. The van der Waals surface area contributed by atoms with Crippen molar-refractivity contribution >= 4 is 11.5 Å². The molecule has 0 saturated heterocycles. The number of aliphatic hydroxyl groups is 1. The molecule has 0 unspecified atom stereocenters. The van der Waals surface area contributed by atoms with E-state index in [1.165, 1.54) is 6.20 Å². The van der Waals surface area contributed by atoms with Crippen LogP contribution in [0.3, 0.4) is 0 Å². The average Bonchev–Trinajstić information content (AvgIpc) is 3.09. The molecule has 0 atom stereocenters. The lowest BCUT2D eigenvalue weighted by Crippen LogP contribution is -2.36. The lowest BCUT2D eigenvalue weighted by atomic mass is 9.78.